The van der Waals surface area contributed by atoms with Crippen LogP contribution >= 0.6 is 0 Å². The van der Waals surface area contributed by atoms with E-state index in [9.17, 15) is 0 Å². The van der Waals surface area contributed by atoms with Crippen LogP contribution in [0.2, 0.25) is 16.5 Å². The minimum absolute atomic E-state index is 1.39. The van der Waals surface area contributed by atoms with Crippen molar-refractivity contribution in [3.8, 4) is 0 Å². The topological polar surface area (TPSA) is 0 Å². The van der Waals surface area contributed by atoms with Crippen LogP contribution in [0.4, 0.5) is 0 Å². The van der Waals surface area contributed by atoms with E-state index in [1.54, 1.807) is 42.2 Å². The Kier molecular flexibility index (Phi) is 20.3. The van der Waals surface area contributed by atoms with Crippen molar-refractivity contribution < 1.29 is 20.3 Å². The molecule has 0 bridgehead atoms. The van der Waals surface area contributed by atoms with E-state index in [-0.39, 0.29) is 0 Å². The normalized spacial score (nSPS) is 12.0. The van der Waals surface area contributed by atoms with Crippen LogP contribution in [0.5, 0.6) is 0 Å². The molecule has 0 aliphatic rings. The van der Waals surface area contributed by atoms with E-state index in [1.807, 2.05) is 0 Å². The van der Waals surface area contributed by atoms with E-state index < -0.39 is 20.3 Å². The number of hydrogen-bond acceptors (Lipinski definition) is 0. The molecule has 0 fully saturated rings. The number of rotatable bonds is 20. The monoisotopic (exact) mass is 430 g/mol. The molecule has 0 unspecified atom stereocenters. The van der Waals surface area contributed by atoms with Gasteiger partial charge in [-0.1, -0.05) is 0 Å². The van der Waals surface area contributed by atoms with Crippen LogP contribution in [-0.2, 0) is 20.3 Å². The fraction of sp³-hybridized carbons (Fsp3) is 1.00. The minimum atomic E-state index is -1.86. The Hall–Kier alpha value is 0.883. The summed E-state index contributed by atoms with van der Waals surface area (Å²) >= 11 is -1.86. The Labute approximate surface area is 166 Å². The van der Waals surface area contributed by atoms with Crippen molar-refractivity contribution in [1.82, 2.24) is 0 Å². The van der Waals surface area contributed by atoms with Gasteiger partial charge >= 0.3 is 167 Å². The molecular formula is C24H52Zr. The Balaban J connectivity index is 4.62. The molecule has 0 radical (unpaired) electrons. The van der Waals surface area contributed by atoms with Crippen LogP contribution in [-0.4, -0.2) is 0 Å². The molecule has 0 atom stereocenters. The second kappa shape index (κ2) is 19.6. The van der Waals surface area contributed by atoms with Crippen LogP contribution in [0.1, 0.15) is 130 Å². The van der Waals surface area contributed by atoms with Gasteiger partial charge in [-0.3, -0.25) is 0 Å². The van der Waals surface area contributed by atoms with Crippen molar-refractivity contribution in [2.24, 2.45) is 0 Å². The Morgan fingerprint density at radius 1 is 0.320 bits per heavy atom. The Morgan fingerprint density at radius 3 is 0.760 bits per heavy atom. The van der Waals surface area contributed by atoms with Gasteiger partial charge in [0.2, 0.25) is 0 Å². The summed E-state index contributed by atoms with van der Waals surface area (Å²) in [5.41, 5.74) is 0. The quantitative estimate of drug-likeness (QED) is 0.168. The molecule has 0 aliphatic carbocycles. The molecule has 0 aromatic rings. The first-order chi connectivity index (χ1) is 12.2. The molecule has 0 saturated carbocycles. The summed E-state index contributed by atoms with van der Waals surface area (Å²) in [7, 11) is 0. The van der Waals surface area contributed by atoms with E-state index in [1.165, 1.54) is 77.0 Å². The third-order valence-electron chi connectivity index (χ3n) is 6.24. The van der Waals surface area contributed by atoms with Crippen molar-refractivity contribution in [3.63, 3.8) is 0 Å². The van der Waals surface area contributed by atoms with Gasteiger partial charge in [0.25, 0.3) is 0 Å². The van der Waals surface area contributed by atoms with E-state index in [4.69, 9.17) is 0 Å². The van der Waals surface area contributed by atoms with Gasteiger partial charge in [-0.2, -0.15) is 0 Å². The van der Waals surface area contributed by atoms with Crippen molar-refractivity contribution in [1.29, 1.82) is 0 Å². The Morgan fingerprint density at radius 2 is 0.560 bits per heavy atom. The van der Waals surface area contributed by atoms with Gasteiger partial charge < -0.3 is 0 Å². The molecule has 0 saturated heterocycles. The van der Waals surface area contributed by atoms with E-state index in [0.717, 1.165) is 0 Å². The SMILES string of the molecule is CCCCC[CH2][Zr]([CH2]CCCCC)([CH2]CCCCC)[CH2]CCCCC. The number of hydrogen-bond donors (Lipinski definition) is 0. The molecule has 152 valence electrons. The third kappa shape index (κ3) is 15.6. The summed E-state index contributed by atoms with van der Waals surface area (Å²) < 4.78 is 6.94. The predicted octanol–water partition coefficient (Wildman–Crippen LogP) is 10.1. The molecule has 0 rings (SSSR count). The molecule has 0 nitrogen and oxygen atoms in total. The fourth-order valence-corrected chi connectivity index (χ4v) is 18.0. The van der Waals surface area contributed by atoms with Gasteiger partial charge in [0, 0.05) is 0 Å². The first kappa shape index (κ1) is 25.9. The molecule has 0 heterocycles. The van der Waals surface area contributed by atoms with Crippen molar-refractivity contribution in [3.05, 3.63) is 0 Å². The van der Waals surface area contributed by atoms with Crippen LogP contribution in [0.3, 0.4) is 0 Å². The van der Waals surface area contributed by atoms with Gasteiger partial charge in [0.1, 0.15) is 0 Å². The summed E-state index contributed by atoms with van der Waals surface area (Å²) in [5, 5.41) is 0. The van der Waals surface area contributed by atoms with E-state index >= 15 is 0 Å². The van der Waals surface area contributed by atoms with Gasteiger partial charge in [-0.15, -0.1) is 0 Å². The van der Waals surface area contributed by atoms with Gasteiger partial charge in [0.05, 0.1) is 0 Å². The first-order valence-electron chi connectivity index (χ1n) is 12.2. The number of unbranched alkanes of at least 4 members (excludes halogenated alkanes) is 12. The third-order valence-corrected chi connectivity index (χ3v) is 20.1. The molecule has 0 N–H and O–H groups in total. The van der Waals surface area contributed by atoms with Gasteiger partial charge in [-0.25, -0.2) is 0 Å². The first-order valence-corrected chi connectivity index (χ1v) is 19.2. The zero-order valence-corrected chi connectivity index (χ0v) is 21.1. The van der Waals surface area contributed by atoms with Crippen LogP contribution in [0.25, 0.3) is 0 Å². The van der Waals surface area contributed by atoms with Crippen LogP contribution in [0.15, 0.2) is 0 Å². The molecule has 25 heavy (non-hydrogen) atoms. The van der Waals surface area contributed by atoms with Crippen molar-refractivity contribution in [2.45, 2.75) is 147 Å². The Bertz CT molecular complexity index is 195. The molecule has 0 amide bonds. The summed E-state index contributed by atoms with van der Waals surface area (Å²) in [6.07, 6.45) is 23.9. The molecule has 0 aromatic carbocycles. The van der Waals surface area contributed by atoms with Crippen molar-refractivity contribution in [2.75, 3.05) is 0 Å². The zero-order chi connectivity index (χ0) is 18.6. The van der Waals surface area contributed by atoms with Crippen LogP contribution in [0, 0.1) is 0 Å². The van der Waals surface area contributed by atoms with Gasteiger partial charge in [-0.05, 0) is 0 Å². The van der Waals surface area contributed by atoms with E-state index in [2.05, 4.69) is 27.7 Å². The second-order valence-electron chi connectivity index (χ2n) is 8.74. The molecular weight excluding hydrogens is 379 g/mol. The maximum absolute atomic E-state index is 2.36. The van der Waals surface area contributed by atoms with Crippen molar-refractivity contribution >= 4 is 0 Å². The average molecular weight is 432 g/mol. The second-order valence-corrected chi connectivity index (χ2v) is 21.0. The average Bonchev–Trinajstić information content (AvgIpc) is 2.63. The fourth-order valence-electron chi connectivity index (χ4n) is 4.46. The predicted molar refractivity (Wildman–Crippen MR) is 116 cm³/mol. The van der Waals surface area contributed by atoms with Gasteiger partial charge in [0.15, 0.2) is 0 Å². The molecule has 1 heteroatoms. The standard InChI is InChI=1S/4C6H13.Zr/c4*1-3-5-6-4-2;/h4*1,3-6H2,2H3;. The van der Waals surface area contributed by atoms with Crippen LogP contribution < -0.4 is 0 Å². The zero-order valence-electron chi connectivity index (χ0n) is 18.6. The molecule has 0 aromatic heterocycles. The summed E-state index contributed by atoms with van der Waals surface area (Å²) in [6.45, 7) is 9.43. The summed E-state index contributed by atoms with van der Waals surface area (Å²) in [4.78, 5) is 0. The van der Waals surface area contributed by atoms with E-state index in [0.29, 0.717) is 0 Å². The molecule has 0 spiro atoms. The summed E-state index contributed by atoms with van der Waals surface area (Å²) in [5.74, 6) is 0. The summed E-state index contributed by atoms with van der Waals surface area (Å²) in [6, 6.07) is 0. The maximum atomic E-state index is 2.36. The molecule has 0 aliphatic heterocycles.